The van der Waals surface area contributed by atoms with Gasteiger partial charge in [-0.2, -0.15) is 0 Å². The maximum atomic E-state index is 12.9. The van der Waals surface area contributed by atoms with E-state index in [1.165, 1.54) is 36.1 Å². The van der Waals surface area contributed by atoms with E-state index in [-0.39, 0.29) is 5.82 Å². The molecule has 1 heterocycles. The van der Waals surface area contributed by atoms with Gasteiger partial charge in [-0.15, -0.1) is 11.3 Å². The van der Waals surface area contributed by atoms with Crippen molar-refractivity contribution in [2.24, 2.45) is 0 Å². The number of halogens is 1. The molecule has 126 valence electrons. The number of hydrogen-bond acceptors (Lipinski definition) is 4. The van der Waals surface area contributed by atoms with Crippen LogP contribution in [0.1, 0.15) is 40.6 Å². The fraction of sp³-hybridized carbons (Fsp3) is 0.333. The van der Waals surface area contributed by atoms with E-state index in [1.807, 2.05) is 5.38 Å². The van der Waals surface area contributed by atoms with Gasteiger partial charge in [-0.25, -0.2) is 9.18 Å². The third kappa shape index (κ3) is 3.64. The fourth-order valence-electron chi connectivity index (χ4n) is 2.72. The first-order chi connectivity index (χ1) is 11.5. The summed E-state index contributed by atoms with van der Waals surface area (Å²) in [6.07, 6.45) is 3.19. The molecule has 3 rings (SSSR count). The van der Waals surface area contributed by atoms with Crippen molar-refractivity contribution in [1.29, 1.82) is 0 Å². The summed E-state index contributed by atoms with van der Waals surface area (Å²) < 4.78 is 18.2. The van der Waals surface area contributed by atoms with Gasteiger partial charge in [0.2, 0.25) is 0 Å². The average molecular weight is 347 g/mol. The van der Waals surface area contributed by atoms with Crippen LogP contribution in [0, 0.1) is 5.82 Å². The highest BCUT2D eigenvalue weighted by Gasteiger charge is 2.24. The molecule has 1 N–H and O–H groups in total. The van der Waals surface area contributed by atoms with Crippen molar-refractivity contribution in [2.75, 3.05) is 5.32 Å². The van der Waals surface area contributed by atoms with E-state index < -0.39 is 18.0 Å². The van der Waals surface area contributed by atoms with E-state index in [2.05, 4.69) is 5.32 Å². The van der Waals surface area contributed by atoms with E-state index in [1.54, 1.807) is 11.3 Å². The number of carbonyl (C=O) groups is 2. The first-order valence-electron chi connectivity index (χ1n) is 7.91. The minimum absolute atomic E-state index is 0.380. The summed E-state index contributed by atoms with van der Waals surface area (Å²) in [7, 11) is 0. The van der Waals surface area contributed by atoms with Crippen molar-refractivity contribution in [1.82, 2.24) is 0 Å². The van der Waals surface area contributed by atoms with Crippen LogP contribution in [-0.2, 0) is 22.4 Å². The summed E-state index contributed by atoms with van der Waals surface area (Å²) in [5.41, 5.74) is 2.11. The van der Waals surface area contributed by atoms with Gasteiger partial charge < -0.3 is 10.1 Å². The molecule has 0 unspecified atom stereocenters. The molecule has 0 saturated carbocycles. The number of fused-ring (bicyclic) bond motifs is 1. The zero-order valence-corrected chi connectivity index (χ0v) is 14.1. The van der Waals surface area contributed by atoms with Gasteiger partial charge in [0.1, 0.15) is 5.82 Å². The van der Waals surface area contributed by atoms with Gasteiger partial charge in [0.25, 0.3) is 5.91 Å². The second kappa shape index (κ2) is 7.13. The quantitative estimate of drug-likeness (QED) is 0.852. The minimum atomic E-state index is -0.929. The highest BCUT2D eigenvalue weighted by atomic mass is 32.1. The Morgan fingerprint density at radius 3 is 2.67 bits per heavy atom. The summed E-state index contributed by atoms with van der Waals surface area (Å²) in [6.45, 7) is 1.52. The lowest BCUT2D eigenvalue weighted by Crippen LogP contribution is -2.30. The Hall–Kier alpha value is -2.21. The molecule has 1 aromatic heterocycles. The lowest BCUT2D eigenvalue weighted by atomic mass is 9.96. The van der Waals surface area contributed by atoms with Gasteiger partial charge in [-0.3, -0.25) is 4.79 Å². The molecule has 4 nitrogen and oxygen atoms in total. The molecule has 0 radical (unpaired) electrons. The second-order valence-corrected chi connectivity index (χ2v) is 6.77. The Kier molecular flexibility index (Phi) is 4.94. The molecular weight excluding hydrogens is 329 g/mol. The van der Waals surface area contributed by atoms with Crippen LogP contribution in [0.3, 0.4) is 0 Å². The average Bonchev–Trinajstić information content (AvgIpc) is 3.01. The third-order valence-electron chi connectivity index (χ3n) is 4.05. The van der Waals surface area contributed by atoms with Crippen LogP contribution in [0.4, 0.5) is 10.1 Å². The SMILES string of the molecule is C[C@@H](OC(=O)c1csc2c1CCCC2)C(=O)Nc1ccc(F)cc1. The van der Waals surface area contributed by atoms with Crippen LogP contribution in [0.2, 0.25) is 0 Å². The summed E-state index contributed by atoms with van der Waals surface area (Å²) in [6, 6.07) is 5.42. The molecule has 0 fully saturated rings. The van der Waals surface area contributed by atoms with E-state index in [0.717, 1.165) is 31.2 Å². The Bertz CT molecular complexity index is 754. The van der Waals surface area contributed by atoms with Crippen molar-refractivity contribution in [3.63, 3.8) is 0 Å². The topological polar surface area (TPSA) is 55.4 Å². The largest absolute Gasteiger partial charge is 0.449 e. The number of esters is 1. The Morgan fingerprint density at radius 2 is 1.92 bits per heavy atom. The van der Waals surface area contributed by atoms with Gasteiger partial charge in [0.15, 0.2) is 6.10 Å². The first-order valence-corrected chi connectivity index (χ1v) is 8.79. The number of aryl methyl sites for hydroxylation is 1. The maximum absolute atomic E-state index is 12.9. The molecule has 24 heavy (non-hydrogen) atoms. The molecular formula is C18H18FNO3S. The van der Waals surface area contributed by atoms with Crippen molar-refractivity contribution in [2.45, 2.75) is 38.7 Å². The minimum Gasteiger partial charge on any atom is -0.449 e. The Balaban J connectivity index is 1.62. The summed E-state index contributed by atoms with van der Waals surface area (Å²) in [4.78, 5) is 25.7. The van der Waals surface area contributed by atoms with Crippen molar-refractivity contribution >= 4 is 28.9 Å². The molecule has 0 spiro atoms. The highest BCUT2D eigenvalue weighted by Crippen LogP contribution is 2.30. The predicted octanol–water partition coefficient (Wildman–Crippen LogP) is 3.95. The van der Waals surface area contributed by atoms with E-state index >= 15 is 0 Å². The number of ether oxygens (including phenoxy) is 1. The zero-order valence-electron chi connectivity index (χ0n) is 13.3. The molecule has 0 aliphatic heterocycles. The van der Waals surface area contributed by atoms with Crippen LogP contribution in [-0.4, -0.2) is 18.0 Å². The Morgan fingerprint density at radius 1 is 1.21 bits per heavy atom. The second-order valence-electron chi connectivity index (χ2n) is 5.80. The molecule has 0 saturated heterocycles. The Labute approximate surface area is 143 Å². The maximum Gasteiger partial charge on any atom is 0.340 e. The van der Waals surface area contributed by atoms with E-state index in [4.69, 9.17) is 4.74 Å². The van der Waals surface area contributed by atoms with Crippen molar-refractivity contribution in [3.8, 4) is 0 Å². The van der Waals surface area contributed by atoms with Gasteiger partial charge in [-0.1, -0.05) is 0 Å². The molecule has 1 aromatic carbocycles. The van der Waals surface area contributed by atoms with Gasteiger partial charge in [-0.05, 0) is 62.4 Å². The molecule has 6 heteroatoms. The fourth-order valence-corrected chi connectivity index (χ4v) is 3.83. The number of rotatable bonds is 4. The number of nitrogens with one attached hydrogen (secondary N) is 1. The van der Waals surface area contributed by atoms with Crippen molar-refractivity contribution in [3.05, 3.63) is 51.5 Å². The zero-order chi connectivity index (χ0) is 17.1. The highest BCUT2D eigenvalue weighted by molar-refractivity contribution is 7.10. The summed E-state index contributed by atoms with van der Waals surface area (Å²) >= 11 is 1.58. The molecule has 0 bridgehead atoms. The van der Waals surface area contributed by atoms with Crippen LogP contribution >= 0.6 is 11.3 Å². The number of amides is 1. The summed E-state index contributed by atoms with van der Waals surface area (Å²) in [5.74, 6) is -1.29. The monoisotopic (exact) mass is 347 g/mol. The van der Waals surface area contributed by atoms with Crippen molar-refractivity contribution < 1.29 is 18.7 Å². The van der Waals surface area contributed by atoms with Crippen LogP contribution in [0.25, 0.3) is 0 Å². The van der Waals surface area contributed by atoms with Gasteiger partial charge in [0, 0.05) is 15.9 Å². The first kappa shape index (κ1) is 16.6. The molecule has 2 aromatic rings. The standard InChI is InChI=1S/C18H18FNO3S/c1-11(17(21)20-13-8-6-12(19)7-9-13)23-18(22)15-10-24-16-5-3-2-4-14(15)16/h6-11H,2-5H2,1H3,(H,20,21)/t11-/m1/s1. The van der Waals surface area contributed by atoms with E-state index in [9.17, 15) is 14.0 Å². The number of benzene rings is 1. The van der Waals surface area contributed by atoms with Crippen LogP contribution < -0.4 is 5.32 Å². The lowest BCUT2D eigenvalue weighted by molar-refractivity contribution is -0.123. The number of anilines is 1. The normalized spacial score (nSPS) is 14.6. The van der Waals surface area contributed by atoms with Crippen LogP contribution in [0.15, 0.2) is 29.6 Å². The number of hydrogen-bond donors (Lipinski definition) is 1. The number of thiophene rings is 1. The number of carbonyl (C=O) groups excluding carboxylic acids is 2. The predicted molar refractivity (Wildman–Crippen MR) is 90.9 cm³/mol. The smallest absolute Gasteiger partial charge is 0.340 e. The molecule has 1 amide bonds. The molecule has 1 aliphatic rings. The molecule has 1 aliphatic carbocycles. The van der Waals surface area contributed by atoms with Gasteiger partial charge >= 0.3 is 5.97 Å². The van der Waals surface area contributed by atoms with Gasteiger partial charge in [0.05, 0.1) is 5.56 Å². The third-order valence-corrected chi connectivity index (χ3v) is 5.13. The summed E-state index contributed by atoms with van der Waals surface area (Å²) in [5, 5.41) is 4.42. The van der Waals surface area contributed by atoms with E-state index in [0.29, 0.717) is 11.3 Å². The van der Waals surface area contributed by atoms with Crippen LogP contribution in [0.5, 0.6) is 0 Å². The molecule has 1 atom stereocenters. The lowest BCUT2D eigenvalue weighted by Gasteiger charge is -2.15.